The van der Waals surface area contributed by atoms with E-state index in [-0.39, 0.29) is 31.0 Å². The molecule has 1 saturated carbocycles. The van der Waals surface area contributed by atoms with Crippen molar-refractivity contribution in [1.82, 2.24) is 4.98 Å². The fourth-order valence-corrected chi connectivity index (χ4v) is 2.83. The van der Waals surface area contributed by atoms with Gasteiger partial charge >= 0.3 is 24.7 Å². The van der Waals surface area contributed by atoms with E-state index in [4.69, 9.17) is 16.3 Å². The fourth-order valence-electron chi connectivity index (χ4n) is 2.58. The molecule has 0 bridgehead atoms. The number of alkyl halides is 5. The summed E-state index contributed by atoms with van der Waals surface area (Å²) in [6, 6.07) is -0.874. The zero-order valence-corrected chi connectivity index (χ0v) is 15.5. The van der Waals surface area contributed by atoms with Crippen molar-refractivity contribution in [2.75, 3.05) is 18.1 Å². The first kappa shape index (κ1) is 22.1. The summed E-state index contributed by atoms with van der Waals surface area (Å²) in [6.45, 7) is -1.12. The fraction of sp³-hybridized carbons (Fsp3) is 0.562. The Morgan fingerprint density at radius 2 is 1.64 bits per heavy atom. The third-order valence-electron chi connectivity index (χ3n) is 3.76. The Morgan fingerprint density at radius 3 is 2.04 bits per heavy atom. The van der Waals surface area contributed by atoms with Gasteiger partial charge in [0.1, 0.15) is 16.3 Å². The maximum absolute atomic E-state index is 13.8. The first-order valence-corrected chi connectivity index (χ1v) is 8.63. The number of halogens is 6. The van der Waals surface area contributed by atoms with Crippen LogP contribution in [0.1, 0.15) is 53.1 Å². The van der Waals surface area contributed by atoms with Gasteiger partial charge in [-0.15, -0.1) is 0 Å². The SMILES string of the molecule is CCOC(=O)c1c(Cl)nc(C(F)(F)F)c(C(=O)OCC)c1N(C(F)F)C1CC1. The maximum Gasteiger partial charge on any atom is 0.434 e. The second-order valence-corrected chi connectivity index (χ2v) is 6.06. The van der Waals surface area contributed by atoms with Gasteiger partial charge in [0, 0.05) is 6.04 Å². The van der Waals surface area contributed by atoms with E-state index in [1.165, 1.54) is 13.8 Å². The highest BCUT2D eigenvalue weighted by molar-refractivity contribution is 6.33. The van der Waals surface area contributed by atoms with Crippen LogP contribution in [0.3, 0.4) is 0 Å². The summed E-state index contributed by atoms with van der Waals surface area (Å²) in [6.07, 6.45) is -4.75. The standard InChI is InChI=1S/C16H16ClF5N2O4/c1-3-27-13(25)8-10(24(15(18)19)7-5-6-7)9(14(26)28-4-2)12(17)23-11(8)16(20,21)22/h7,15H,3-6H2,1-2H3. The van der Waals surface area contributed by atoms with Crippen molar-refractivity contribution in [3.8, 4) is 0 Å². The number of anilines is 1. The van der Waals surface area contributed by atoms with Crippen LogP contribution >= 0.6 is 11.6 Å². The van der Waals surface area contributed by atoms with Crippen molar-refractivity contribution in [2.24, 2.45) is 0 Å². The van der Waals surface area contributed by atoms with Crippen molar-refractivity contribution in [3.05, 3.63) is 22.0 Å². The van der Waals surface area contributed by atoms with E-state index in [0.717, 1.165) is 0 Å². The molecule has 12 heteroatoms. The summed E-state index contributed by atoms with van der Waals surface area (Å²) in [5.74, 6) is -2.83. The number of nitrogens with zero attached hydrogens (tertiary/aromatic N) is 2. The molecule has 0 radical (unpaired) electrons. The molecule has 1 aromatic heterocycles. The summed E-state index contributed by atoms with van der Waals surface area (Å²) in [5.41, 5.74) is -4.94. The smallest absolute Gasteiger partial charge is 0.434 e. The first-order valence-electron chi connectivity index (χ1n) is 8.25. The summed E-state index contributed by atoms with van der Waals surface area (Å²) < 4.78 is 77.5. The second kappa shape index (κ2) is 8.46. The van der Waals surface area contributed by atoms with Crippen molar-refractivity contribution in [1.29, 1.82) is 0 Å². The summed E-state index contributed by atoms with van der Waals surface area (Å²) >= 11 is 5.76. The molecule has 0 atom stereocenters. The summed E-state index contributed by atoms with van der Waals surface area (Å²) in [5, 5.41) is -1.000. The van der Waals surface area contributed by atoms with E-state index < -0.39 is 58.4 Å². The van der Waals surface area contributed by atoms with E-state index in [1.54, 1.807) is 0 Å². The number of carbonyl (C=O) groups is 2. The number of hydrogen-bond acceptors (Lipinski definition) is 6. The lowest BCUT2D eigenvalue weighted by Gasteiger charge is -2.29. The van der Waals surface area contributed by atoms with Crippen molar-refractivity contribution in [2.45, 2.75) is 45.5 Å². The van der Waals surface area contributed by atoms with Gasteiger partial charge in [-0.2, -0.15) is 22.0 Å². The lowest BCUT2D eigenvalue weighted by Crippen LogP contribution is -2.36. The second-order valence-electron chi connectivity index (χ2n) is 5.70. The van der Waals surface area contributed by atoms with Gasteiger partial charge < -0.3 is 14.4 Å². The minimum absolute atomic E-state index is 0.206. The Morgan fingerprint density at radius 1 is 1.14 bits per heavy atom. The molecule has 0 N–H and O–H groups in total. The Balaban J connectivity index is 2.92. The molecule has 1 aromatic rings. The van der Waals surface area contributed by atoms with Crippen LogP contribution in [0.2, 0.25) is 5.15 Å². The van der Waals surface area contributed by atoms with E-state index >= 15 is 0 Å². The molecule has 0 unspecified atom stereocenters. The van der Waals surface area contributed by atoms with Crippen LogP contribution < -0.4 is 4.90 Å². The molecule has 1 aliphatic rings. The highest BCUT2D eigenvalue weighted by Crippen LogP contribution is 2.44. The van der Waals surface area contributed by atoms with Crippen LogP contribution in [0, 0.1) is 0 Å². The number of carbonyl (C=O) groups excluding carboxylic acids is 2. The molecule has 0 aliphatic heterocycles. The Kier molecular flexibility index (Phi) is 6.68. The monoisotopic (exact) mass is 430 g/mol. The van der Waals surface area contributed by atoms with Gasteiger partial charge in [0.25, 0.3) is 0 Å². The Bertz CT molecular complexity index is 766. The van der Waals surface area contributed by atoms with E-state index in [9.17, 15) is 31.5 Å². The summed E-state index contributed by atoms with van der Waals surface area (Å²) in [7, 11) is 0. The topological polar surface area (TPSA) is 68.7 Å². The minimum Gasteiger partial charge on any atom is -0.462 e. The molecule has 0 saturated heterocycles. The zero-order chi connectivity index (χ0) is 21.2. The van der Waals surface area contributed by atoms with Crippen molar-refractivity contribution in [3.63, 3.8) is 0 Å². The van der Waals surface area contributed by atoms with Crippen LogP contribution in [0.4, 0.5) is 27.6 Å². The van der Waals surface area contributed by atoms with Crippen molar-refractivity contribution < 1.29 is 41.0 Å². The molecular weight excluding hydrogens is 415 g/mol. The van der Waals surface area contributed by atoms with Crippen LogP contribution in [-0.4, -0.2) is 42.7 Å². The molecule has 0 spiro atoms. The van der Waals surface area contributed by atoms with Crippen LogP contribution in [0.25, 0.3) is 0 Å². The van der Waals surface area contributed by atoms with E-state index in [1.807, 2.05) is 0 Å². The average molecular weight is 431 g/mol. The lowest BCUT2D eigenvalue weighted by molar-refractivity contribution is -0.141. The summed E-state index contributed by atoms with van der Waals surface area (Å²) in [4.78, 5) is 28.0. The third kappa shape index (κ3) is 4.45. The number of esters is 2. The van der Waals surface area contributed by atoms with Gasteiger partial charge in [-0.05, 0) is 26.7 Å². The average Bonchev–Trinajstić information content (AvgIpc) is 3.38. The number of hydrogen-bond donors (Lipinski definition) is 0. The molecule has 1 heterocycles. The van der Waals surface area contributed by atoms with Gasteiger partial charge in [0.15, 0.2) is 5.69 Å². The molecule has 28 heavy (non-hydrogen) atoms. The van der Waals surface area contributed by atoms with Crippen molar-refractivity contribution >= 4 is 29.2 Å². The number of ether oxygens (including phenoxy) is 2. The normalized spacial score (nSPS) is 14.2. The first-order chi connectivity index (χ1) is 13.0. The van der Waals surface area contributed by atoms with Gasteiger partial charge in [-0.1, -0.05) is 11.6 Å². The quantitative estimate of drug-likeness (QED) is 0.278. The van der Waals surface area contributed by atoms with Gasteiger partial charge in [0.2, 0.25) is 0 Å². The highest BCUT2D eigenvalue weighted by Gasteiger charge is 2.46. The van der Waals surface area contributed by atoms with Gasteiger partial charge in [0.05, 0.1) is 18.9 Å². The minimum atomic E-state index is -5.22. The molecule has 2 rings (SSSR count). The van der Waals surface area contributed by atoms with E-state index in [2.05, 4.69) is 9.72 Å². The molecule has 0 aromatic carbocycles. The predicted octanol–water partition coefficient (Wildman–Crippen LogP) is 4.30. The molecule has 6 nitrogen and oxygen atoms in total. The van der Waals surface area contributed by atoms with Crippen LogP contribution in [0.5, 0.6) is 0 Å². The lowest BCUT2D eigenvalue weighted by atomic mass is 10.0. The number of aromatic nitrogens is 1. The van der Waals surface area contributed by atoms with Gasteiger partial charge in [-0.25, -0.2) is 14.6 Å². The largest absolute Gasteiger partial charge is 0.462 e. The highest BCUT2D eigenvalue weighted by atomic mass is 35.5. The van der Waals surface area contributed by atoms with E-state index in [0.29, 0.717) is 0 Å². The Labute approximate surface area is 161 Å². The molecule has 0 amide bonds. The molecule has 156 valence electrons. The Hall–Kier alpha value is -2.17. The molecule has 1 fully saturated rings. The molecular formula is C16H16ClF5N2O4. The van der Waals surface area contributed by atoms with Crippen LogP contribution in [-0.2, 0) is 15.7 Å². The zero-order valence-electron chi connectivity index (χ0n) is 14.8. The molecule has 1 aliphatic carbocycles. The predicted molar refractivity (Wildman–Crippen MR) is 87.7 cm³/mol. The number of rotatable bonds is 7. The maximum atomic E-state index is 13.8. The van der Waals surface area contributed by atoms with Crippen LogP contribution in [0.15, 0.2) is 0 Å². The number of pyridine rings is 1. The van der Waals surface area contributed by atoms with Gasteiger partial charge in [-0.3, -0.25) is 0 Å². The third-order valence-corrected chi connectivity index (χ3v) is 4.04.